The predicted molar refractivity (Wildman–Crippen MR) is 97.0 cm³/mol. The fourth-order valence-electron chi connectivity index (χ4n) is 3.31. The standard InChI is InChI=1S/C20H16N2O3/c1-11-17(20(24)21-2)16-9-15(13-5-3-4-12(8-13)10-23)18-14(6-7-22-18)19(16)25-11/h3-10,22H,1-2H3,(H,21,24). The Morgan fingerprint density at radius 3 is 2.80 bits per heavy atom. The largest absolute Gasteiger partial charge is 0.460 e. The van der Waals surface area contributed by atoms with Crippen LogP contribution in [-0.4, -0.2) is 24.2 Å². The highest BCUT2D eigenvalue weighted by molar-refractivity contribution is 6.17. The van der Waals surface area contributed by atoms with Crippen LogP contribution >= 0.6 is 0 Å². The topological polar surface area (TPSA) is 75.1 Å². The summed E-state index contributed by atoms with van der Waals surface area (Å²) in [5.74, 6) is 0.398. The predicted octanol–water partition coefficient (Wildman–Crippen LogP) is 4.06. The first kappa shape index (κ1) is 15.2. The van der Waals surface area contributed by atoms with E-state index < -0.39 is 0 Å². The van der Waals surface area contributed by atoms with Gasteiger partial charge in [0.2, 0.25) is 0 Å². The number of carbonyl (C=O) groups excluding carboxylic acids is 2. The van der Waals surface area contributed by atoms with Gasteiger partial charge in [-0.05, 0) is 30.7 Å². The Morgan fingerprint density at radius 2 is 2.04 bits per heavy atom. The molecule has 5 heteroatoms. The third kappa shape index (κ3) is 2.24. The van der Waals surface area contributed by atoms with Crippen LogP contribution in [0.3, 0.4) is 0 Å². The Bertz CT molecular complexity index is 1130. The number of fused-ring (bicyclic) bond motifs is 3. The molecule has 0 atom stereocenters. The molecule has 2 N–H and O–H groups in total. The molecule has 0 bridgehead atoms. The fourth-order valence-corrected chi connectivity index (χ4v) is 3.31. The quantitative estimate of drug-likeness (QED) is 0.556. The molecular formula is C20H16N2O3. The molecule has 0 saturated heterocycles. The summed E-state index contributed by atoms with van der Waals surface area (Å²) in [6.07, 6.45) is 2.67. The van der Waals surface area contributed by atoms with E-state index in [0.29, 0.717) is 22.5 Å². The first-order valence-corrected chi connectivity index (χ1v) is 7.95. The number of aromatic nitrogens is 1. The first-order valence-electron chi connectivity index (χ1n) is 7.95. The Kier molecular flexibility index (Phi) is 3.42. The molecule has 0 spiro atoms. The molecular weight excluding hydrogens is 316 g/mol. The highest BCUT2D eigenvalue weighted by Crippen LogP contribution is 2.38. The van der Waals surface area contributed by atoms with Gasteiger partial charge in [-0.1, -0.05) is 18.2 Å². The number of nitrogens with one attached hydrogen (secondary N) is 2. The molecule has 0 saturated carbocycles. The summed E-state index contributed by atoms with van der Waals surface area (Å²) in [6.45, 7) is 1.79. The lowest BCUT2D eigenvalue weighted by Crippen LogP contribution is -2.18. The van der Waals surface area contributed by atoms with Crippen molar-refractivity contribution >= 4 is 34.1 Å². The maximum absolute atomic E-state index is 12.3. The van der Waals surface area contributed by atoms with E-state index >= 15 is 0 Å². The minimum absolute atomic E-state index is 0.182. The van der Waals surface area contributed by atoms with E-state index in [2.05, 4.69) is 10.3 Å². The number of hydrogen-bond donors (Lipinski definition) is 2. The summed E-state index contributed by atoms with van der Waals surface area (Å²) >= 11 is 0. The lowest BCUT2D eigenvalue weighted by molar-refractivity contribution is 0.0962. The average Bonchev–Trinajstić information content (AvgIpc) is 3.24. The number of H-pyrrole nitrogens is 1. The highest BCUT2D eigenvalue weighted by atomic mass is 16.3. The van der Waals surface area contributed by atoms with Crippen LogP contribution in [0.4, 0.5) is 0 Å². The number of furan rings is 1. The monoisotopic (exact) mass is 332 g/mol. The van der Waals surface area contributed by atoms with Crippen molar-refractivity contribution in [1.29, 1.82) is 0 Å². The van der Waals surface area contributed by atoms with E-state index in [1.54, 1.807) is 20.0 Å². The van der Waals surface area contributed by atoms with Crippen molar-refractivity contribution in [3.63, 3.8) is 0 Å². The van der Waals surface area contributed by atoms with E-state index in [0.717, 1.165) is 33.7 Å². The summed E-state index contributed by atoms with van der Waals surface area (Å²) in [7, 11) is 1.60. The molecule has 2 aromatic carbocycles. The fraction of sp³-hybridized carbons (Fsp3) is 0.100. The normalized spacial score (nSPS) is 11.1. The Labute approximate surface area is 143 Å². The van der Waals surface area contributed by atoms with E-state index in [9.17, 15) is 9.59 Å². The molecule has 25 heavy (non-hydrogen) atoms. The molecule has 4 rings (SSSR count). The summed E-state index contributed by atoms with van der Waals surface area (Å²) in [5.41, 5.74) is 4.55. The van der Waals surface area contributed by atoms with Gasteiger partial charge in [-0.3, -0.25) is 9.59 Å². The van der Waals surface area contributed by atoms with Crippen LogP contribution in [0.1, 0.15) is 26.5 Å². The van der Waals surface area contributed by atoms with E-state index in [1.807, 2.05) is 36.5 Å². The van der Waals surface area contributed by atoms with Crippen LogP contribution in [-0.2, 0) is 0 Å². The average molecular weight is 332 g/mol. The van der Waals surface area contributed by atoms with Crippen molar-refractivity contribution in [3.05, 3.63) is 59.5 Å². The number of amides is 1. The second-order valence-corrected chi connectivity index (χ2v) is 5.92. The zero-order valence-electron chi connectivity index (χ0n) is 13.8. The number of benzene rings is 2. The van der Waals surface area contributed by atoms with Gasteiger partial charge in [0.1, 0.15) is 17.6 Å². The van der Waals surface area contributed by atoms with E-state index in [-0.39, 0.29) is 5.91 Å². The number of aromatic amines is 1. The minimum Gasteiger partial charge on any atom is -0.460 e. The van der Waals surface area contributed by atoms with Crippen molar-refractivity contribution in [2.75, 3.05) is 7.05 Å². The van der Waals surface area contributed by atoms with Crippen molar-refractivity contribution in [1.82, 2.24) is 10.3 Å². The van der Waals surface area contributed by atoms with Gasteiger partial charge in [-0.2, -0.15) is 0 Å². The highest BCUT2D eigenvalue weighted by Gasteiger charge is 2.21. The smallest absolute Gasteiger partial charge is 0.255 e. The number of rotatable bonds is 3. The third-order valence-electron chi connectivity index (χ3n) is 4.46. The van der Waals surface area contributed by atoms with Gasteiger partial charge < -0.3 is 14.7 Å². The van der Waals surface area contributed by atoms with Crippen molar-refractivity contribution in [2.24, 2.45) is 0 Å². The molecule has 0 radical (unpaired) electrons. The van der Waals surface area contributed by atoms with Crippen LogP contribution in [0.15, 0.2) is 47.0 Å². The third-order valence-corrected chi connectivity index (χ3v) is 4.46. The maximum Gasteiger partial charge on any atom is 0.255 e. The number of carbonyl (C=O) groups is 2. The molecule has 0 unspecified atom stereocenters. The van der Waals surface area contributed by atoms with Crippen molar-refractivity contribution < 1.29 is 14.0 Å². The molecule has 4 aromatic rings. The van der Waals surface area contributed by atoms with Gasteiger partial charge in [-0.25, -0.2) is 0 Å². The summed E-state index contributed by atoms with van der Waals surface area (Å²) in [4.78, 5) is 26.7. The molecule has 0 aliphatic rings. The van der Waals surface area contributed by atoms with Gasteiger partial charge in [0, 0.05) is 35.1 Å². The Morgan fingerprint density at radius 1 is 1.20 bits per heavy atom. The van der Waals surface area contributed by atoms with Crippen molar-refractivity contribution in [2.45, 2.75) is 6.92 Å². The van der Waals surface area contributed by atoms with Crippen LogP contribution in [0, 0.1) is 6.92 Å². The van der Waals surface area contributed by atoms with Gasteiger partial charge >= 0.3 is 0 Å². The van der Waals surface area contributed by atoms with Gasteiger partial charge in [0.25, 0.3) is 5.91 Å². The Balaban J connectivity index is 2.11. The SMILES string of the molecule is CNC(=O)c1c(C)oc2c1cc(-c1cccc(C=O)c1)c1[nH]ccc12. The molecule has 0 fully saturated rings. The van der Waals surface area contributed by atoms with Gasteiger partial charge in [0.15, 0.2) is 0 Å². The second-order valence-electron chi connectivity index (χ2n) is 5.92. The second kappa shape index (κ2) is 5.63. The zero-order valence-corrected chi connectivity index (χ0v) is 13.8. The zero-order chi connectivity index (χ0) is 17.6. The van der Waals surface area contributed by atoms with Crippen LogP contribution in [0.5, 0.6) is 0 Å². The molecule has 0 aliphatic heterocycles. The molecule has 1 amide bonds. The molecule has 0 aliphatic carbocycles. The molecule has 5 nitrogen and oxygen atoms in total. The first-order chi connectivity index (χ1) is 12.1. The van der Waals surface area contributed by atoms with E-state index in [1.165, 1.54) is 0 Å². The maximum atomic E-state index is 12.3. The van der Waals surface area contributed by atoms with E-state index in [4.69, 9.17) is 4.42 Å². The van der Waals surface area contributed by atoms with Gasteiger partial charge in [-0.15, -0.1) is 0 Å². The molecule has 2 aromatic heterocycles. The molecule has 2 heterocycles. The molecule has 124 valence electrons. The summed E-state index contributed by atoms with van der Waals surface area (Å²) in [5, 5.41) is 4.33. The minimum atomic E-state index is -0.182. The summed E-state index contributed by atoms with van der Waals surface area (Å²) in [6, 6.07) is 11.3. The number of hydrogen-bond acceptors (Lipinski definition) is 3. The number of aldehydes is 1. The van der Waals surface area contributed by atoms with Crippen LogP contribution in [0.2, 0.25) is 0 Å². The Hall–Kier alpha value is -3.34. The van der Waals surface area contributed by atoms with Crippen LogP contribution in [0.25, 0.3) is 33.0 Å². The number of aryl methyl sites for hydroxylation is 1. The van der Waals surface area contributed by atoms with Gasteiger partial charge in [0.05, 0.1) is 11.1 Å². The summed E-state index contributed by atoms with van der Waals surface area (Å²) < 4.78 is 5.89. The van der Waals surface area contributed by atoms with Crippen molar-refractivity contribution in [3.8, 4) is 11.1 Å². The lowest BCUT2D eigenvalue weighted by atomic mass is 9.97. The van der Waals surface area contributed by atoms with Crippen LogP contribution < -0.4 is 5.32 Å². The lowest BCUT2D eigenvalue weighted by Gasteiger charge is -2.06.